The highest BCUT2D eigenvalue weighted by atomic mass is 32.2. The molecule has 0 amide bonds. The van der Waals surface area contributed by atoms with Gasteiger partial charge in [0.05, 0.1) is 10.9 Å². The molecule has 15 heteroatoms. The molecule has 0 aromatic heterocycles. The van der Waals surface area contributed by atoms with Gasteiger partial charge in [-0.25, -0.2) is 8.42 Å². The topological polar surface area (TPSA) is 57.2 Å². The van der Waals surface area contributed by atoms with E-state index in [1.807, 2.05) is 0 Å². The second kappa shape index (κ2) is 16.6. The van der Waals surface area contributed by atoms with Gasteiger partial charge in [-0.3, -0.25) is 0 Å². The predicted molar refractivity (Wildman–Crippen MR) is 194 cm³/mol. The molecular formula is C40H27F9O3S3. The molecule has 3 nitrogen and oxygen atoms in total. The highest BCUT2D eigenvalue weighted by Crippen LogP contribution is 2.54. The molecule has 1 atom stereocenters. The van der Waals surface area contributed by atoms with Crippen LogP contribution < -0.4 is 0 Å². The molecule has 0 radical (unpaired) electrons. The third-order valence-corrected chi connectivity index (χ3v) is 12.0. The normalized spacial score (nSPS) is 13.1. The Morgan fingerprint density at radius 1 is 0.418 bits per heavy atom. The van der Waals surface area contributed by atoms with E-state index in [0.717, 1.165) is 0 Å². The Kier molecular flexibility index (Phi) is 12.5. The van der Waals surface area contributed by atoms with Gasteiger partial charge in [-0.1, -0.05) is 103 Å². The van der Waals surface area contributed by atoms with Crippen LogP contribution in [0.2, 0.25) is 0 Å². The van der Waals surface area contributed by atoms with Crippen molar-refractivity contribution < 1.29 is 52.5 Å². The van der Waals surface area contributed by atoms with Crippen LogP contribution >= 0.6 is 11.8 Å². The summed E-state index contributed by atoms with van der Waals surface area (Å²) in [6.45, 7) is 0. The van der Waals surface area contributed by atoms with Crippen molar-refractivity contribution in [1.29, 1.82) is 0 Å². The molecule has 286 valence electrons. The summed E-state index contributed by atoms with van der Waals surface area (Å²) in [6.07, 6.45) is -7.16. The van der Waals surface area contributed by atoms with Crippen molar-refractivity contribution in [2.24, 2.45) is 0 Å². The Morgan fingerprint density at radius 3 is 1.11 bits per heavy atom. The van der Waals surface area contributed by atoms with Crippen LogP contribution in [0.25, 0.3) is 22.3 Å². The average molecular weight is 823 g/mol. The van der Waals surface area contributed by atoms with Gasteiger partial charge in [0.15, 0.2) is 24.8 Å². The molecule has 0 N–H and O–H groups in total. The molecule has 0 aliphatic heterocycles. The fourth-order valence-corrected chi connectivity index (χ4v) is 8.34. The monoisotopic (exact) mass is 822 g/mol. The zero-order valence-electron chi connectivity index (χ0n) is 27.9. The van der Waals surface area contributed by atoms with Crippen molar-refractivity contribution in [3.63, 3.8) is 0 Å². The molecule has 0 bridgehead atoms. The van der Waals surface area contributed by atoms with Gasteiger partial charge in [0.1, 0.15) is 0 Å². The molecule has 0 aliphatic rings. The maximum Gasteiger partial charge on any atom is 0.460 e. The van der Waals surface area contributed by atoms with E-state index < -0.39 is 33.4 Å². The van der Waals surface area contributed by atoms with E-state index in [-0.39, 0.29) is 10.9 Å². The summed E-state index contributed by atoms with van der Waals surface area (Å²) in [5, 5.41) is -7.11. The van der Waals surface area contributed by atoms with Crippen molar-refractivity contribution in [3.05, 3.63) is 164 Å². The summed E-state index contributed by atoms with van der Waals surface area (Å²) in [5.41, 5.74) is 4.99. The van der Waals surface area contributed by atoms with Crippen LogP contribution in [-0.4, -0.2) is 36.2 Å². The van der Waals surface area contributed by atoms with Crippen LogP contribution in [0.1, 0.15) is 0 Å². The third-order valence-electron chi connectivity index (χ3n) is 7.86. The Morgan fingerprint density at radius 2 is 0.727 bits per heavy atom. The lowest BCUT2D eigenvalue weighted by Gasteiger charge is -2.34. The van der Waals surface area contributed by atoms with Crippen LogP contribution in [-0.2, 0) is 21.0 Å². The summed E-state index contributed by atoms with van der Waals surface area (Å²) in [4.78, 5) is 6.48. The molecule has 6 aromatic rings. The molecule has 0 saturated heterocycles. The van der Waals surface area contributed by atoms with Gasteiger partial charge in [0, 0.05) is 9.79 Å². The van der Waals surface area contributed by atoms with E-state index in [4.69, 9.17) is 0 Å². The number of halogens is 9. The molecular weight excluding hydrogens is 796 g/mol. The minimum absolute atomic E-state index is 0.168. The lowest BCUT2D eigenvalue weighted by atomic mass is 10.1. The van der Waals surface area contributed by atoms with Crippen molar-refractivity contribution in [1.82, 2.24) is 0 Å². The van der Waals surface area contributed by atoms with Gasteiger partial charge in [0.2, 0.25) is 0 Å². The van der Waals surface area contributed by atoms with Gasteiger partial charge in [-0.2, -0.15) is 39.5 Å². The number of rotatable bonds is 10. The van der Waals surface area contributed by atoms with Crippen LogP contribution in [0.4, 0.5) is 39.5 Å². The second-order valence-electron chi connectivity index (χ2n) is 11.6. The van der Waals surface area contributed by atoms with Crippen LogP contribution in [0.3, 0.4) is 0 Å². The average Bonchev–Trinajstić information content (AvgIpc) is 3.16. The summed E-state index contributed by atoms with van der Waals surface area (Å²) >= 11 is 1.81. The lowest BCUT2D eigenvalue weighted by Crippen LogP contribution is -2.63. The fraction of sp³-hybridized carbons (Fsp3) is 0.100. The zero-order valence-corrected chi connectivity index (χ0v) is 30.4. The van der Waals surface area contributed by atoms with Crippen LogP contribution in [0, 0.1) is 0 Å². The van der Waals surface area contributed by atoms with Crippen molar-refractivity contribution >= 4 is 32.8 Å². The highest BCUT2D eigenvalue weighted by Gasteiger charge is 2.83. The van der Waals surface area contributed by atoms with Gasteiger partial charge >= 0.3 is 23.3 Å². The molecule has 0 heterocycles. The maximum absolute atomic E-state index is 12.2. The Bertz CT molecular complexity index is 2260. The summed E-state index contributed by atoms with van der Waals surface area (Å²) in [6, 6.07) is 59.0. The fourth-order valence-electron chi connectivity index (χ4n) is 5.02. The summed E-state index contributed by atoms with van der Waals surface area (Å²) < 4.78 is 135. The predicted octanol–water partition coefficient (Wildman–Crippen LogP) is 12.2. The van der Waals surface area contributed by atoms with E-state index in [1.54, 1.807) is 11.8 Å². The van der Waals surface area contributed by atoms with Crippen molar-refractivity contribution in [2.45, 2.75) is 47.8 Å². The van der Waals surface area contributed by atoms with Crippen molar-refractivity contribution in [3.8, 4) is 22.3 Å². The number of alkyl halides is 9. The van der Waals surface area contributed by atoms with E-state index >= 15 is 0 Å². The lowest BCUT2D eigenvalue weighted by molar-refractivity contribution is -0.382. The van der Waals surface area contributed by atoms with Gasteiger partial charge < -0.3 is 4.55 Å². The maximum atomic E-state index is 12.2. The first-order valence-electron chi connectivity index (χ1n) is 15.9. The zero-order chi connectivity index (χ0) is 40.1. The molecule has 55 heavy (non-hydrogen) atoms. The van der Waals surface area contributed by atoms with E-state index in [2.05, 4.69) is 164 Å². The molecule has 0 aliphatic carbocycles. The van der Waals surface area contributed by atoms with Gasteiger partial charge in [-0.15, -0.1) is 0 Å². The SMILES string of the molecule is O=S(=O)([O-])C(F)(F)C(F)(F)C(F)(F)C(F)(F)F.c1ccc(-c2ccc(Sc3ccc([S+](c4ccccc4)c4ccc(-c5ccccc5)cc4)cc3)cc2)cc1. The van der Waals surface area contributed by atoms with Crippen LogP contribution in [0.15, 0.2) is 188 Å². The van der Waals surface area contributed by atoms with Gasteiger partial charge in [-0.05, 0) is 95.1 Å². The molecule has 0 saturated carbocycles. The first-order chi connectivity index (χ1) is 25.8. The molecule has 6 aromatic carbocycles. The molecule has 6 rings (SSSR count). The Hall–Kier alpha value is -4.70. The minimum atomic E-state index is -7.43. The number of hydrogen-bond acceptors (Lipinski definition) is 4. The highest BCUT2D eigenvalue weighted by molar-refractivity contribution is 7.99. The summed E-state index contributed by atoms with van der Waals surface area (Å²) in [5.74, 6) is -14.8. The first-order valence-corrected chi connectivity index (χ1v) is 19.3. The summed E-state index contributed by atoms with van der Waals surface area (Å²) in [7, 11) is -7.58. The largest absolute Gasteiger partial charge is 0.743 e. The van der Waals surface area contributed by atoms with Crippen molar-refractivity contribution in [2.75, 3.05) is 0 Å². The van der Waals surface area contributed by atoms with E-state index in [1.165, 1.54) is 46.7 Å². The third kappa shape index (κ3) is 9.23. The molecule has 1 unspecified atom stereocenters. The Balaban J connectivity index is 0.000000290. The molecule has 0 fully saturated rings. The quantitative estimate of drug-likeness (QED) is 0.0784. The van der Waals surface area contributed by atoms with Crippen LogP contribution in [0.5, 0.6) is 0 Å². The first kappa shape index (κ1) is 41.5. The second-order valence-corrected chi connectivity index (χ2v) is 16.2. The molecule has 0 spiro atoms. The number of benzene rings is 6. The number of hydrogen-bond donors (Lipinski definition) is 0. The van der Waals surface area contributed by atoms with E-state index in [9.17, 15) is 52.5 Å². The Labute approximate surface area is 318 Å². The minimum Gasteiger partial charge on any atom is -0.743 e. The van der Waals surface area contributed by atoms with Gasteiger partial charge in [0.25, 0.3) is 0 Å². The van der Waals surface area contributed by atoms with E-state index in [0.29, 0.717) is 0 Å². The standard InChI is InChI=1S/C36H27S2.C4HF9O3S/c1-4-10-28(11-5-1)30-16-20-32(21-17-30)37-33-22-26-36(27-23-33)38(34-14-8-3-9-15-34)35-24-18-31(19-25-35)29-12-6-2-7-13-29;5-1(6,3(9,10)11)2(7,8)4(12,13)17(14,15)16/h1-27H;(H,14,15,16)/q+1;/p-1. The smallest absolute Gasteiger partial charge is 0.460 e.